The number of hydrogen-bond acceptors (Lipinski definition) is 5. The smallest absolute Gasteiger partial charge is 0.204 e. The Morgan fingerprint density at radius 2 is 1.65 bits per heavy atom. The van der Waals surface area contributed by atoms with Gasteiger partial charge in [-0.2, -0.15) is 0 Å². The van der Waals surface area contributed by atoms with Gasteiger partial charge in [-0.15, -0.1) is 0 Å². The molecule has 6 heteroatoms. The van der Waals surface area contributed by atoms with E-state index in [0.717, 1.165) is 6.07 Å². The molecule has 5 nitrogen and oxygen atoms in total. The largest absolute Gasteiger partial charge is 0.508 e. The minimum Gasteiger partial charge on any atom is -0.508 e. The summed E-state index contributed by atoms with van der Waals surface area (Å²) in [7, 11) is 0. The van der Waals surface area contributed by atoms with E-state index in [1.165, 1.54) is 12.1 Å². The predicted molar refractivity (Wildman–Crippen MR) is 74.7 cm³/mol. The summed E-state index contributed by atoms with van der Waals surface area (Å²) in [5, 5.41) is 29.1. The summed E-state index contributed by atoms with van der Waals surface area (Å²) in [6.45, 7) is 1.57. The molecule has 0 aliphatic carbocycles. The van der Waals surface area contributed by atoms with Gasteiger partial charge >= 0.3 is 0 Å². The highest BCUT2D eigenvalue weighted by atomic mass is 35.5. The van der Waals surface area contributed by atoms with Crippen LogP contribution in [-0.4, -0.2) is 15.3 Å². The lowest BCUT2D eigenvalue weighted by Gasteiger charge is -2.08. The average Bonchev–Trinajstić information content (AvgIpc) is 2.34. The maximum Gasteiger partial charge on any atom is 0.204 e. The van der Waals surface area contributed by atoms with E-state index in [2.05, 4.69) is 0 Å². The Morgan fingerprint density at radius 1 is 1.00 bits per heavy atom. The number of phenolic OH excluding ortho intramolecular Hbond substituents is 3. The SMILES string of the molecule is Cc1c(Cl)c(O)cc2oc3cc(O)cc(O)c3c(=O)c12. The molecule has 1 aromatic heterocycles. The molecule has 0 saturated carbocycles. The first-order valence-corrected chi connectivity index (χ1v) is 6.08. The first kappa shape index (κ1) is 12.6. The first-order chi connectivity index (χ1) is 9.40. The molecule has 0 saturated heterocycles. The fraction of sp³-hybridized carbons (Fsp3) is 0.0714. The van der Waals surface area contributed by atoms with Gasteiger partial charge < -0.3 is 19.7 Å². The van der Waals surface area contributed by atoms with Crippen LogP contribution in [0.2, 0.25) is 5.02 Å². The van der Waals surface area contributed by atoms with E-state index in [1.807, 2.05) is 0 Å². The van der Waals surface area contributed by atoms with Crippen molar-refractivity contribution in [3.63, 3.8) is 0 Å². The topological polar surface area (TPSA) is 90.9 Å². The molecule has 0 radical (unpaired) electrons. The van der Waals surface area contributed by atoms with Crippen molar-refractivity contribution in [2.45, 2.75) is 6.92 Å². The van der Waals surface area contributed by atoms with E-state index in [1.54, 1.807) is 6.92 Å². The Kier molecular flexibility index (Phi) is 2.55. The molecule has 0 bridgehead atoms. The van der Waals surface area contributed by atoms with Crippen LogP contribution in [0, 0.1) is 6.92 Å². The molecule has 20 heavy (non-hydrogen) atoms. The summed E-state index contributed by atoms with van der Waals surface area (Å²) in [5.41, 5.74) is 0.0518. The van der Waals surface area contributed by atoms with Gasteiger partial charge in [-0.05, 0) is 12.5 Å². The number of aryl methyl sites for hydroxylation is 1. The van der Waals surface area contributed by atoms with Gasteiger partial charge in [0.15, 0.2) is 0 Å². The maximum absolute atomic E-state index is 12.5. The number of hydrogen-bond donors (Lipinski definition) is 3. The Labute approximate surface area is 117 Å². The highest BCUT2D eigenvalue weighted by molar-refractivity contribution is 6.33. The van der Waals surface area contributed by atoms with Crippen molar-refractivity contribution in [3.05, 3.63) is 39.0 Å². The Morgan fingerprint density at radius 3 is 2.35 bits per heavy atom. The fourth-order valence-electron chi connectivity index (χ4n) is 2.25. The Balaban J connectivity index is 2.65. The number of phenols is 3. The van der Waals surface area contributed by atoms with Gasteiger partial charge in [-0.3, -0.25) is 4.79 Å². The fourth-order valence-corrected chi connectivity index (χ4v) is 2.40. The normalized spacial score (nSPS) is 11.3. The van der Waals surface area contributed by atoms with Crippen molar-refractivity contribution < 1.29 is 19.7 Å². The van der Waals surface area contributed by atoms with Gasteiger partial charge in [0, 0.05) is 18.2 Å². The summed E-state index contributed by atoms with van der Waals surface area (Å²) in [6, 6.07) is 3.51. The van der Waals surface area contributed by atoms with Crippen LogP contribution in [-0.2, 0) is 0 Å². The van der Waals surface area contributed by atoms with Crippen LogP contribution in [0.15, 0.2) is 27.4 Å². The van der Waals surface area contributed by atoms with Crippen LogP contribution in [0.4, 0.5) is 0 Å². The second-order valence-corrected chi connectivity index (χ2v) is 4.85. The molecule has 0 amide bonds. The van der Waals surface area contributed by atoms with Crippen molar-refractivity contribution in [2.75, 3.05) is 0 Å². The van der Waals surface area contributed by atoms with Gasteiger partial charge in [0.2, 0.25) is 5.43 Å². The van der Waals surface area contributed by atoms with Crippen LogP contribution in [0.5, 0.6) is 17.2 Å². The maximum atomic E-state index is 12.5. The molecule has 0 unspecified atom stereocenters. The van der Waals surface area contributed by atoms with Crippen molar-refractivity contribution in [2.24, 2.45) is 0 Å². The molecule has 3 aromatic rings. The van der Waals surface area contributed by atoms with Gasteiger partial charge in [-0.1, -0.05) is 11.6 Å². The quantitative estimate of drug-likeness (QED) is 0.554. The molecule has 0 atom stereocenters. The summed E-state index contributed by atoms with van der Waals surface area (Å²) in [4.78, 5) is 12.5. The molecular formula is C14H9ClO5. The molecule has 2 aromatic carbocycles. The van der Waals surface area contributed by atoms with Crippen LogP contribution in [0.3, 0.4) is 0 Å². The third kappa shape index (κ3) is 1.60. The van der Waals surface area contributed by atoms with Crippen molar-refractivity contribution in [3.8, 4) is 17.2 Å². The van der Waals surface area contributed by atoms with E-state index >= 15 is 0 Å². The van der Waals surface area contributed by atoms with Crippen molar-refractivity contribution in [1.82, 2.24) is 0 Å². The number of halogens is 1. The number of rotatable bonds is 0. The van der Waals surface area contributed by atoms with Crippen molar-refractivity contribution in [1.29, 1.82) is 0 Å². The summed E-state index contributed by atoms with van der Waals surface area (Å²) in [5.74, 6) is -0.810. The predicted octanol–water partition coefficient (Wildman–Crippen LogP) is 3.02. The lowest BCUT2D eigenvalue weighted by molar-refractivity contribution is 0.453. The number of fused-ring (bicyclic) bond motifs is 2. The summed E-state index contributed by atoms with van der Waals surface area (Å²) < 4.78 is 5.47. The zero-order valence-electron chi connectivity index (χ0n) is 10.3. The zero-order chi connectivity index (χ0) is 14.6. The molecule has 0 spiro atoms. The van der Waals surface area contributed by atoms with Crippen LogP contribution in [0.1, 0.15) is 5.56 Å². The highest BCUT2D eigenvalue weighted by Gasteiger charge is 2.17. The molecule has 3 rings (SSSR count). The van der Waals surface area contributed by atoms with E-state index in [9.17, 15) is 20.1 Å². The number of aromatic hydroxyl groups is 3. The third-order valence-electron chi connectivity index (χ3n) is 3.18. The van der Waals surface area contributed by atoms with E-state index < -0.39 is 5.43 Å². The summed E-state index contributed by atoms with van der Waals surface area (Å²) in [6.07, 6.45) is 0. The van der Waals surface area contributed by atoms with E-state index in [4.69, 9.17) is 16.0 Å². The Bertz CT molecular complexity index is 927. The van der Waals surface area contributed by atoms with Gasteiger partial charge in [0.05, 0.1) is 10.4 Å². The van der Waals surface area contributed by atoms with Crippen LogP contribution in [0.25, 0.3) is 21.9 Å². The molecular weight excluding hydrogens is 284 g/mol. The minimum absolute atomic E-state index is 0.0288. The van der Waals surface area contributed by atoms with Gasteiger partial charge in [0.1, 0.15) is 33.8 Å². The lowest BCUT2D eigenvalue weighted by atomic mass is 10.1. The van der Waals surface area contributed by atoms with Gasteiger partial charge in [0.25, 0.3) is 0 Å². The van der Waals surface area contributed by atoms with Crippen LogP contribution >= 0.6 is 11.6 Å². The van der Waals surface area contributed by atoms with E-state index in [0.29, 0.717) is 5.56 Å². The van der Waals surface area contributed by atoms with E-state index in [-0.39, 0.29) is 44.2 Å². The number of benzene rings is 2. The molecule has 0 aliphatic rings. The minimum atomic E-state index is -0.474. The Hall–Kier alpha value is -2.40. The summed E-state index contributed by atoms with van der Waals surface area (Å²) >= 11 is 5.91. The second-order valence-electron chi connectivity index (χ2n) is 4.48. The second kappa shape index (κ2) is 4.05. The molecule has 0 aliphatic heterocycles. The average molecular weight is 293 g/mol. The molecule has 3 N–H and O–H groups in total. The zero-order valence-corrected chi connectivity index (χ0v) is 11.0. The highest BCUT2D eigenvalue weighted by Crippen LogP contribution is 2.35. The first-order valence-electron chi connectivity index (χ1n) is 5.70. The van der Waals surface area contributed by atoms with Crippen molar-refractivity contribution >= 4 is 33.5 Å². The molecule has 102 valence electrons. The standard InChI is InChI=1S/C14H9ClO5/c1-5-11-10(4-8(18)13(5)15)20-9-3-6(16)2-7(17)12(9)14(11)19/h2-4,16-18H,1H3. The third-order valence-corrected chi connectivity index (χ3v) is 3.66. The lowest BCUT2D eigenvalue weighted by Crippen LogP contribution is -2.04. The molecule has 0 fully saturated rings. The monoisotopic (exact) mass is 292 g/mol. The molecule has 1 heterocycles. The van der Waals surface area contributed by atoms with Crippen LogP contribution < -0.4 is 5.43 Å². The van der Waals surface area contributed by atoms with Gasteiger partial charge in [-0.25, -0.2) is 0 Å².